The molecule has 0 unspecified atom stereocenters. The second kappa shape index (κ2) is 11.3. The lowest BCUT2D eigenvalue weighted by Crippen LogP contribution is -2.55. The van der Waals surface area contributed by atoms with Gasteiger partial charge >= 0.3 is 12.1 Å². The highest BCUT2D eigenvalue weighted by Crippen LogP contribution is 2.25. The lowest BCUT2D eigenvalue weighted by atomic mass is 9.93. The van der Waals surface area contributed by atoms with Crippen LogP contribution in [0.3, 0.4) is 0 Å². The summed E-state index contributed by atoms with van der Waals surface area (Å²) in [6, 6.07) is 15.6. The molecule has 1 heterocycles. The average Bonchev–Trinajstić information content (AvgIpc) is 2.84. The number of ether oxygens (including phenoxy) is 2. The number of rotatable bonds is 8. The molecule has 7 nitrogen and oxygen atoms in total. The molecule has 32 heavy (non-hydrogen) atoms. The van der Waals surface area contributed by atoms with Crippen molar-refractivity contribution >= 4 is 18.0 Å². The number of hydrogen-bond acceptors (Lipinski definition) is 5. The summed E-state index contributed by atoms with van der Waals surface area (Å²) in [4.78, 5) is 39.8. The maximum Gasteiger partial charge on any atom is 0.411 e. The molecule has 0 spiro atoms. The van der Waals surface area contributed by atoms with E-state index in [9.17, 15) is 14.4 Å². The lowest BCUT2D eigenvalue weighted by Gasteiger charge is -2.35. The topological polar surface area (TPSA) is 84.9 Å². The smallest absolute Gasteiger partial charge is 0.411 e. The summed E-state index contributed by atoms with van der Waals surface area (Å²) in [6.45, 7) is 2.39. The van der Waals surface area contributed by atoms with Gasteiger partial charge in [0.2, 0.25) is 5.91 Å². The van der Waals surface area contributed by atoms with Crippen LogP contribution in [0.5, 0.6) is 0 Å². The van der Waals surface area contributed by atoms with Gasteiger partial charge in [-0.3, -0.25) is 9.69 Å². The Hall–Kier alpha value is -3.35. The number of carbonyl (C=O) groups is 3. The summed E-state index contributed by atoms with van der Waals surface area (Å²) >= 11 is 0. The first-order chi connectivity index (χ1) is 15.5. The molecule has 0 aliphatic carbocycles. The van der Waals surface area contributed by atoms with E-state index in [1.165, 1.54) is 12.0 Å². The van der Waals surface area contributed by atoms with Crippen LogP contribution in [0.4, 0.5) is 4.79 Å². The second-order valence-corrected chi connectivity index (χ2v) is 7.88. The van der Waals surface area contributed by atoms with Crippen molar-refractivity contribution in [3.8, 4) is 0 Å². The van der Waals surface area contributed by atoms with Gasteiger partial charge in [0.1, 0.15) is 18.7 Å². The lowest BCUT2D eigenvalue weighted by molar-refractivity contribution is -0.146. The molecule has 170 valence electrons. The number of methoxy groups -OCH3 is 1. The normalized spacial score (nSPS) is 15.9. The van der Waals surface area contributed by atoms with Gasteiger partial charge in [0.05, 0.1) is 13.7 Å². The SMILES string of the molecule is CCCC[C@@H](NC(=O)[C@@H]1Cc2ccccc2CN1C(=O)OCc1ccccc1)C(=O)OC. The van der Waals surface area contributed by atoms with Crippen LogP contribution in [0.1, 0.15) is 42.9 Å². The summed E-state index contributed by atoms with van der Waals surface area (Å²) in [5.41, 5.74) is 2.84. The zero-order valence-corrected chi connectivity index (χ0v) is 18.6. The number of nitrogens with one attached hydrogen (secondary N) is 1. The second-order valence-electron chi connectivity index (χ2n) is 7.88. The van der Waals surface area contributed by atoms with Gasteiger partial charge < -0.3 is 14.8 Å². The summed E-state index contributed by atoms with van der Waals surface area (Å²) in [5, 5.41) is 2.80. The Bertz CT molecular complexity index is 931. The summed E-state index contributed by atoms with van der Waals surface area (Å²) in [7, 11) is 1.30. The van der Waals surface area contributed by atoms with Crippen molar-refractivity contribution in [1.29, 1.82) is 0 Å². The fourth-order valence-electron chi connectivity index (χ4n) is 3.82. The van der Waals surface area contributed by atoms with Crippen molar-refractivity contribution in [2.75, 3.05) is 7.11 Å². The minimum Gasteiger partial charge on any atom is -0.467 e. The number of esters is 1. The molecule has 2 aromatic carbocycles. The first-order valence-corrected chi connectivity index (χ1v) is 11.0. The molecule has 2 amide bonds. The van der Waals surface area contributed by atoms with Crippen LogP contribution in [0, 0.1) is 0 Å². The molecule has 3 rings (SSSR count). The van der Waals surface area contributed by atoms with Crippen LogP contribution in [-0.4, -0.2) is 42.1 Å². The highest BCUT2D eigenvalue weighted by molar-refractivity contribution is 5.90. The standard InChI is InChI=1S/C25H30N2O5/c1-3-4-14-21(24(29)31-2)26-23(28)22-15-19-12-8-9-13-20(19)16-27(22)25(30)32-17-18-10-6-5-7-11-18/h5-13,21-22H,3-4,14-17H2,1-2H3,(H,26,28)/t21-,22+/m1/s1. The third-order valence-corrected chi connectivity index (χ3v) is 5.64. The Labute approximate surface area is 188 Å². The molecule has 7 heteroatoms. The van der Waals surface area contributed by atoms with Crippen LogP contribution in [-0.2, 0) is 38.6 Å². The molecule has 1 aliphatic heterocycles. The maximum absolute atomic E-state index is 13.2. The van der Waals surface area contributed by atoms with Crippen LogP contribution >= 0.6 is 0 Å². The van der Waals surface area contributed by atoms with Crippen molar-refractivity contribution in [2.24, 2.45) is 0 Å². The van der Waals surface area contributed by atoms with Gasteiger partial charge in [-0.15, -0.1) is 0 Å². The van der Waals surface area contributed by atoms with E-state index in [1.807, 2.05) is 61.5 Å². The first-order valence-electron chi connectivity index (χ1n) is 11.0. The van der Waals surface area contributed by atoms with Crippen molar-refractivity contribution in [1.82, 2.24) is 10.2 Å². The van der Waals surface area contributed by atoms with Gasteiger partial charge in [0.25, 0.3) is 0 Å². The Morgan fingerprint density at radius 1 is 1.06 bits per heavy atom. The molecule has 0 bridgehead atoms. The minimum atomic E-state index is -0.776. The van der Waals surface area contributed by atoms with E-state index in [2.05, 4.69) is 5.32 Å². The molecule has 1 N–H and O–H groups in total. The third kappa shape index (κ3) is 5.87. The molecule has 2 atom stereocenters. The Morgan fingerprint density at radius 3 is 2.44 bits per heavy atom. The monoisotopic (exact) mass is 438 g/mol. The quantitative estimate of drug-likeness (QED) is 0.637. The van der Waals surface area contributed by atoms with Crippen LogP contribution in [0.15, 0.2) is 54.6 Å². The van der Waals surface area contributed by atoms with Crippen molar-refractivity contribution in [3.05, 3.63) is 71.3 Å². The van der Waals surface area contributed by atoms with Crippen LogP contribution in [0.2, 0.25) is 0 Å². The summed E-state index contributed by atoms with van der Waals surface area (Å²) in [6.07, 6.45) is 1.93. The Morgan fingerprint density at radius 2 is 1.75 bits per heavy atom. The number of benzene rings is 2. The zero-order chi connectivity index (χ0) is 22.9. The predicted molar refractivity (Wildman–Crippen MR) is 120 cm³/mol. The number of hydrogen-bond donors (Lipinski definition) is 1. The molecule has 0 aromatic heterocycles. The van der Waals surface area contributed by atoms with E-state index < -0.39 is 24.1 Å². The molecule has 1 aliphatic rings. The van der Waals surface area contributed by atoms with Gasteiger partial charge in [0, 0.05) is 6.42 Å². The van der Waals surface area contributed by atoms with Crippen molar-refractivity contribution in [3.63, 3.8) is 0 Å². The fraction of sp³-hybridized carbons (Fsp3) is 0.400. The highest BCUT2D eigenvalue weighted by atomic mass is 16.6. The summed E-state index contributed by atoms with van der Waals surface area (Å²) in [5.74, 6) is -0.871. The van der Waals surface area contributed by atoms with Crippen molar-refractivity contribution in [2.45, 2.75) is 57.8 Å². The van der Waals surface area contributed by atoms with Gasteiger partial charge in [-0.2, -0.15) is 0 Å². The van der Waals surface area contributed by atoms with E-state index in [0.29, 0.717) is 12.8 Å². The number of nitrogens with zero attached hydrogens (tertiary/aromatic N) is 1. The largest absolute Gasteiger partial charge is 0.467 e. The van der Waals surface area contributed by atoms with E-state index >= 15 is 0 Å². The van der Waals surface area contributed by atoms with Gasteiger partial charge in [-0.25, -0.2) is 9.59 Å². The first kappa shape index (κ1) is 23.3. The molecule has 0 radical (unpaired) electrons. The minimum absolute atomic E-state index is 0.118. The van der Waals surface area contributed by atoms with Gasteiger partial charge in [0.15, 0.2) is 0 Å². The van der Waals surface area contributed by atoms with Crippen molar-refractivity contribution < 1.29 is 23.9 Å². The van der Waals surface area contributed by atoms with Gasteiger partial charge in [-0.05, 0) is 23.1 Å². The average molecular weight is 439 g/mol. The van der Waals surface area contributed by atoms with E-state index in [1.54, 1.807) is 0 Å². The molecule has 2 aromatic rings. The third-order valence-electron chi connectivity index (χ3n) is 5.64. The van der Waals surface area contributed by atoms with E-state index in [-0.39, 0.29) is 19.1 Å². The Kier molecular flexibility index (Phi) is 8.25. The number of unbranched alkanes of at least 4 members (excludes halogenated alkanes) is 1. The number of fused-ring (bicyclic) bond motifs is 1. The Balaban J connectivity index is 1.77. The fourth-order valence-corrected chi connectivity index (χ4v) is 3.82. The number of amides is 2. The molecular weight excluding hydrogens is 408 g/mol. The molecule has 0 saturated heterocycles. The van der Waals surface area contributed by atoms with Crippen LogP contribution < -0.4 is 5.32 Å². The van der Waals surface area contributed by atoms with E-state index in [4.69, 9.17) is 9.47 Å². The maximum atomic E-state index is 13.2. The predicted octanol–water partition coefficient (Wildman–Crippen LogP) is 3.60. The van der Waals surface area contributed by atoms with Crippen LogP contribution in [0.25, 0.3) is 0 Å². The highest BCUT2D eigenvalue weighted by Gasteiger charge is 2.37. The van der Waals surface area contributed by atoms with Gasteiger partial charge in [-0.1, -0.05) is 74.4 Å². The summed E-state index contributed by atoms with van der Waals surface area (Å²) < 4.78 is 10.4. The van der Waals surface area contributed by atoms with E-state index in [0.717, 1.165) is 29.5 Å². The number of carbonyl (C=O) groups excluding carboxylic acids is 3. The molecule has 0 fully saturated rings. The molecular formula is C25H30N2O5. The zero-order valence-electron chi connectivity index (χ0n) is 18.6. The molecule has 0 saturated carbocycles.